The Hall–Kier alpha value is -1.96. The summed E-state index contributed by atoms with van der Waals surface area (Å²) in [6.45, 7) is 7.11. The van der Waals surface area contributed by atoms with E-state index in [0.29, 0.717) is 18.0 Å². The van der Waals surface area contributed by atoms with Crippen LogP contribution in [-0.4, -0.2) is 40.4 Å². The monoisotopic (exact) mass is 372 g/mol. The second-order valence-corrected chi connectivity index (χ2v) is 7.51. The maximum absolute atomic E-state index is 12.6. The summed E-state index contributed by atoms with van der Waals surface area (Å²) in [5, 5.41) is 3.43. The van der Waals surface area contributed by atoms with Gasteiger partial charge in [-0.2, -0.15) is 0 Å². The highest BCUT2D eigenvalue weighted by Crippen LogP contribution is 2.27. The van der Waals surface area contributed by atoms with Crippen molar-refractivity contribution in [2.75, 3.05) is 25.1 Å². The molecule has 1 fully saturated rings. The Bertz CT molecular complexity index is 944. The highest BCUT2D eigenvalue weighted by molar-refractivity contribution is 7.71. The number of benzene rings is 1. The number of aryl methyl sites for hydroxylation is 1. The first kappa shape index (κ1) is 17.5. The normalized spacial score (nSPS) is 20.0. The van der Waals surface area contributed by atoms with Crippen molar-refractivity contribution in [3.05, 3.63) is 50.0 Å². The Balaban J connectivity index is 1.74. The molecule has 1 aromatic carbocycles. The zero-order valence-electron chi connectivity index (χ0n) is 15.2. The fourth-order valence-corrected chi connectivity index (χ4v) is 4.07. The standard InChI is InChI=1S/C19H24N4O2S/c1-12-5-3-7-16(13(12)2)23-17-15(18(24)21-19(23)26)10-22(11-20-17)9-14-6-4-8-25-14/h3,5,7,14,20H,4,6,8-11H2,1-2H3,(H,21,24,26). The zero-order chi connectivity index (χ0) is 18.3. The number of hydrogen-bond donors (Lipinski definition) is 2. The van der Waals surface area contributed by atoms with Crippen LogP contribution in [0.25, 0.3) is 5.69 Å². The summed E-state index contributed by atoms with van der Waals surface area (Å²) >= 11 is 5.49. The van der Waals surface area contributed by atoms with Gasteiger partial charge in [-0.15, -0.1) is 0 Å². The molecule has 2 aromatic rings. The number of nitrogens with zero attached hydrogens (tertiary/aromatic N) is 2. The summed E-state index contributed by atoms with van der Waals surface area (Å²) in [7, 11) is 0. The molecule has 0 radical (unpaired) electrons. The van der Waals surface area contributed by atoms with E-state index in [9.17, 15) is 4.79 Å². The molecule has 138 valence electrons. The van der Waals surface area contributed by atoms with Gasteiger partial charge in [0.2, 0.25) is 0 Å². The largest absolute Gasteiger partial charge is 0.377 e. The summed E-state index contributed by atoms with van der Waals surface area (Å²) in [6.07, 6.45) is 2.48. The third kappa shape index (κ3) is 3.11. The Labute approximate surface area is 157 Å². The van der Waals surface area contributed by atoms with Gasteiger partial charge in [0.1, 0.15) is 5.82 Å². The van der Waals surface area contributed by atoms with Gasteiger partial charge in [0.25, 0.3) is 5.56 Å². The highest BCUT2D eigenvalue weighted by Gasteiger charge is 2.26. The molecular weight excluding hydrogens is 348 g/mol. The van der Waals surface area contributed by atoms with E-state index in [1.807, 2.05) is 16.7 Å². The SMILES string of the molecule is Cc1cccc(-n2c3c(c(=O)[nH]c2=S)CN(CC2CCCO2)CN3)c1C. The number of H-pyrrole nitrogens is 1. The molecule has 6 nitrogen and oxygen atoms in total. The molecule has 2 N–H and O–H groups in total. The molecule has 1 aromatic heterocycles. The van der Waals surface area contributed by atoms with Crippen LogP contribution in [0.1, 0.15) is 29.5 Å². The second kappa shape index (κ2) is 6.98. The van der Waals surface area contributed by atoms with Gasteiger partial charge < -0.3 is 10.1 Å². The summed E-state index contributed by atoms with van der Waals surface area (Å²) < 4.78 is 8.11. The summed E-state index contributed by atoms with van der Waals surface area (Å²) in [6, 6.07) is 6.14. The van der Waals surface area contributed by atoms with Gasteiger partial charge in [0, 0.05) is 19.7 Å². The molecule has 2 aliphatic heterocycles. The fourth-order valence-electron chi connectivity index (χ4n) is 3.78. The van der Waals surface area contributed by atoms with Crippen LogP contribution in [-0.2, 0) is 11.3 Å². The lowest BCUT2D eigenvalue weighted by Gasteiger charge is -2.32. The first-order valence-corrected chi connectivity index (χ1v) is 9.48. The Morgan fingerprint density at radius 1 is 1.35 bits per heavy atom. The third-order valence-electron chi connectivity index (χ3n) is 5.36. The molecule has 26 heavy (non-hydrogen) atoms. The van der Waals surface area contributed by atoms with Crippen molar-refractivity contribution >= 4 is 18.0 Å². The minimum Gasteiger partial charge on any atom is -0.377 e. The Morgan fingerprint density at radius 3 is 2.96 bits per heavy atom. The van der Waals surface area contributed by atoms with E-state index in [4.69, 9.17) is 17.0 Å². The van der Waals surface area contributed by atoms with E-state index >= 15 is 0 Å². The van der Waals surface area contributed by atoms with Crippen LogP contribution in [0.3, 0.4) is 0 Å². The number of nitrogens with one attached hydrogen (secondary N) is 2. The zero-order valence-corrected chi connectivity index (χ0v) is 16.0. The van der Waals surface area contributed by atoms with Gasteiger partial charge in [0.15, 0.2) is 4.77 Å². The molecule has 0 saturated carbocycles. The van der Waals surface area contributed by atoms with Gasteiger partial charge >= 0.3 is 0 Å². The third-order valence-corrected chi connectivity index (χ3v) is 5.65. The first-order chi connectivity index (χ1) is 12.5. The van der Waals surface area contributed by atoms with Crippen molar-refractivity contribution in [1.29, 1.82) is 0 Å². The molecule has 7 heteroatoms. The molecule has 4 rings (SSSR count). The second-order valence-electron chi connectivity index (χ2n) is 7.12. The molecule has 2 aliphatic rings. The number of aromatic nitrogens is 2. The topological polar surface area (TPSA) is 62.3 Å². The van der Waals surface area contributed by atoms with Crippen LogP contribution in [0.15, 0.2) is 23.0 Å². The number of anilines is 1. The minimum absolute atomic E-state index is 0.115. The summed E-state index contributed by atoms with van der Waals surface area (Å²) in [5.41, 5.74) is 3.96. The average Bonchev–Trinajstić information content (AvgIpc) is 3.12. The lowest BCUT2D eigenvalue weighted by molar-refractivity contribution is 0.0716. The van der Waals surface area contributed by atoms with Crippen molar-refractivity contribution in [2.24, 2.45) is 0 Å². The molecule has 1 saturated heterocycles. The van der Waals surface area contributed by atoms with Crippen molar-refractivity contribution < 1.29 is 4.74 Å². The molecule has 0 bridgehead atoms. The van der Waals surface area contributed by atoms with E-state index in [0.717, 1.165) is 48.6 Å². The van der Waals surface area contributed by atoms with Gasteiger partial charge in [0.05, 0.1) is 24.0 Å². The van der Waals surface area contributed by atoms with Gasteiger partial charge in [-0.3, -0.25) is 19.2 Å². The predicted octanol–water partition coefficient (Wildman–Crippen LogP) is 2.88. The smallest absolute Gasteiger partial charge is 0.258 e. The average molecular weight is 372 g/mol. The Kier molecular flexibility index (Phi) is 4.69. The molecule has 1 atom stereocenters. The number of aromatic amines is 1. The lowest BCUT2D eigenvalue weighted by Crippen LogP contribution is -2.42. The number of fused-ring (bicyclic) bond motifs is 1. The number of ether oxygens (including phenoxy) is 1. The molecule has 0 aliphatic carbocycles. The first-order valence-electron chi connectivity index (χ1n) is 9.07. The van der Waals surface area contributed by atoms with Crippen molar-refractivity contribution in [2.45, 2.75) is 39.3 Å². The van der Waals surface area contributed by atoms with Crippen LogP contribution in [0, 0.1) is 18.6 Å². The van der Waals surface area contributed by atoms with Gasteiger partial charge in [-0.25, -0.2) is 0 Å². The van der Waals surface area contributed by atoms with Crippen LogP contribution >= 0.6 is 12.2 Å². The van der Waals surface area contributed by atoms with Crippen molar-refractivity contribution in [3.8, 4) is 5.69 Å². The van der Waals surface area contributed by atoms with E-state index in [-0.39, 0.29) is 11.7 Å². The molecule has 3 heterocycles. The van der Waals surface area contributed by atoms with Crippen molar-refractivity contribution in [1.82, 2.24) is 14.5 Å². The Morgan fingerprint density at radius 2 is 2.19 bits per heavy atom. The predicted molar refractivity (Wildman–Crippen MR) is 105 cm³/mol. The highest BCUT2D eigenvalue weighted by atomic mass is 32.1. The van der Waals surface area contributed by atoms with E-state index in [1.165, 1.54) is 5.56 Å². The fraction of sp³-hybridized carbons (Fsp3) is 0.474. The maximum Gasteiger partial charge on any atom is 0.258 e. The molecule has 0 spiro atoms. The summed E-state index contributed by atoms with van der Waals surface area (Å²) in [5.74, 6) is 0.802. The van der Waals surface area contributed by atoms with Crippen LogP contribution in [0.5, 0.6) is 0 Å². The molecule has 1 unspecified atom stereocenters. The van der Waals surface area contributed by atoms with E-state index < -0.39 is 0 Å². The molecule has 0 amide bonds. The van der Waals surface area contributed by atoms with Gasteiger partial charge in [-0.1, -0.05) is 12.1 Å². The maximum atomic E-state index is 12.6. The van der Waals surface area contributed by atoms with Crippen LogP contribution in [0.4, 0.5) is 5.82 Å². The molecular formula is C19H24N4O2S. The summed E-state index contributed by atoms with van der Waals surface area (Å²) in [4.78, 5) is 17.6. The van der Waals surface area contributed by atoms with Crippen molar-refractivity contribution in [3.63, 3.8) is 0 Å². The lowest BCUT2D eigenvalue weighted by atomic mass is 10.1. The number of hydrogen-bond acceptors (Lipinski definition) is 5. The number of rotatable bonds is 3. The van der Waals surface area contributed by atoms with Crippen LogP contribution < -0.4 is 10.9 Å². The van der Waals surface area contributed by atoms with E-state index in [1.54, 1.807) is 0 Å². The van der Waals surface area contributed by atoms with E-state index in [2.05, 4.69) is 35.1 Å². The van der Waals surface area contributed by atoms with Crippen LogP contribution in [0.2, 0.25) is 0 Å². The minimum atomic E-state index is -0.115. The van der Waals surface area contributed by atoms with Gasteiger partial charge in [-0.05, 0) is 56.1 Å². The quantitative estimate of drug-likeness (QED) is 0.812.